The zero-order valence-corrected chi connectivity index (χ0v) is 12.1. The molecule has 0 aliphatic heterocycles. The SMILES string of the molecule is O=S(=O)(Nc1ccccc1Br)c1cccnc1Cl. The Morgan fingerprint density at radius 1 is 1.17 bits per heavy atom. The number of benzene rings is 1. The van der Waals surface area contributed by atoms with Crippen molar-refractivity contribution in [1.82, 2.24) is 4.98 Å². The van der Waals surface area contributed by atoms with Crippen LogP contribution in [0.15, 0.2) is 52.0 Å². The summed E-state index contributed by atoms with van der Waals surface area (Å²) in [7, 11) is -3.74. The summed E-state index contributed by atoms with van der Waals surface area (Å²) in [5.74, 6) is 0. The van der Waals surface area contributed by atoms with Gasteiger partial charge in [-0.1, -0.05) is 23.7 Å². The summed E-state index contributed by atoms with van der Waals surface area (Å²) in [5, 5.41) is -0.0583. The summed E-state index contributed by atoms with van der Waals surface area (Å²) in [4.78, 5) is 3.69. The Bertz CT molecular complexity index is 676. The Labute approximate surface area is 118 Å². The van der Waals surface area contributed by atoms with E-state index in [4.69, 9.17) is 11.6 Å². The number of anilines is 1. The summed E-state index contributed by atoms with van der Waals surface area (Å²) in [6, 6.07) is 9.82. The van der Waals surface area contributed by atoms with Crippen LogP contribution in [0.25, 0.3) is 0 Å². The van der Waals surface area contributed by atoms with E-state index in [1.165, 1.54) is 18.3 Å². The normalized spacial score (nSPS) is 11.2. The number of para-hydroxylation sites is 1. The van der Waals surface area contributed by atoms with Crippen molar-refractivity contribution in [3.8, 4) is 0 Å². The van der Waals surface area contributed by atoms with Gasteiger partial charge in [-0.05, 0) is 40.2 Å². The molecule has 0 aliphatic carbocycles. The number of halogens is 2. The van der Waals surface area contributed by atoms with Crippen LogP contribution >= 0.6 is 27.5 Å². The van der Waals surface area contributed by atoms with Gasteiger partial charge in [-0.3, -0.25) is 4.72 Å². The van der Waals surface area contributed by atoms with Gasteiger partial charge in [0.25, 0.3) is 10.0 Å². The van der Waals surface area contributed by atoms with E-state index in [-0.39, 0.29) is 10.0 Å². The molecule has 0 unspecified atom stereocenters. The fourth-order valence-corrected chi connectivity index (χ4v) is 3.36. The molecule has 94 valence electrons. The third kappa shape index (κ3) is 2.82. The number of aromatic nitrogens is 1. The Morgan fingerprint density at radius 3 is 2.56 bits per heavy atom. The van der Waals surface area contributed by atoms with E-state index >= 15 is 0 Å². The molecule has 0 atom stereocenters. The molecule has 18 heavy (non-hydrogen) atoms. The largest absolute Gasteiger partial charge is 0.278 e. The lowest BCUT2D eigenvalue weighted by Gasteiger charge is -2.10. The maximum Gasteiger partial charge on any atom is 0.265 e. The van der Waals surface area contributed by atoms with Crippen molar-refractivity contribution in [1.29, 1.82) is 0 Å². The van der Waals surface area contributed by atoms with E-state index < -0.39 is 10.0 Å². The lowest BCUT2D eigenvalue weighted by Crippen LogP contribution is -2.14. The zero-order valence-electron chi connectivity index (χ0n) is 8.97. The summed E-state index contributed by atoms with van der Waals surface area (Å²) >= 11 is 9.04. The molecule has 0 aliphatic rings. The molecule has 2 aromatic rings. The maximum absolute atomic E-state index is 12.1. The van der Waals surface area contributed by atoms with Crippen LogP contribution in [0.5, 0.6) is 0 Å². The maximum atomic E-state index is 12.1. The quantitative estimate of drug-likeness (QED) is 0.867. The minimum absolute atomic E-state index is 0.0533. The molecule has 0 amide bonds. The van der Waals surface area contributed by atoms with Crippen molar-refractivity contribution in [2.45, 2.75) is 4.90 Å². The van der Waals surface area contributed by atoms with Gasteiger partial charge in [0, 0.05) is 10.7 Å². The molecule has 0 saturated carbocycles. The van der Waals surface area contributed by atoms with Crippen LogP contribution in [0.3, 0.4) is 0 Å². The summed E-state index contributed by atoms with van der Waals surface area (Å²) < 4.78 is 27.3. The van der Waals surface area contributed by atoms with Crippen LogP contribution in [-0.4, -0.2) is 13.4 Å². The average Bonchev–Trinajstić information content (AvgIpc) is 2.32. The van der Waals surface area contributed by atoms with E-state index in [2.05, 4.69) is 25.6 Å². The predicted molar refractivity (Wildman–Crippen MR) is 74.2 cm³/mol. The highest BCUT2D eigenvalue weighted by Gasteiger charge is 2.19. The topological polar surface area (TPSA) is 59.1 Å². The van der Waals surface area contributed by atoms with Crippen molar-refractivity contribution in [3.63, 3.8) is 0 Å². The molecule has 0 radical (unpaired) electrons. The molecule has 1 N–H and O–H groups in total. The van der Waals surface area contributed by atoms with Gasteiger partial charge in [0.2, 0.25) is 0 Å². The number of hydrogen-bond donors (Lipinski definition) is 1. The number of rotatable bonds is 3. The lowest BCUT2D eigenvalue weighted by molar-refractivity contribution is 0.601. The highest BCUT2D eigenvalue weighted by atomic mass is 79.9. The second-order valence-electron chi connectivity index (χ2n) is 3.38. The Balaban J connectivity index is 2.40. The number of sulfonamides is 1. The standard InChI is InChI=1S/C11H8BrClN2O2S/c12-8-4-1-2-5-9(8)15-18(16,17)10-6-3-7-14-11(10)13/h1-7,15H. The van der Waals surface area contributed by atoms with Crippen LogP contribution in [0, 0.1) is 0 Å². The Kier molecular flexibility index (Phi) is 3.89. The zero-order chi connectivity index (χ0) is 13.2. The molecule has 7 heteroatoms. The van der Waals surface area contributed by atoms with Crippen molar-refractivity contribution in [3.05, 3.63) is 52.2 Å². The summed E-state index contributed by atoms with van der Waals surface area (Å²) in [6.07, 6.45) is 1.43. The second kappa shape index (κ2) is 5.26. The first-order chi connectivity index (χ1) is 8.50. The van der Waals surface area contributed by atoms with Crippen LogP contribution < -0.4 is 4.72 Å². The first-order valence-electron chi connectivity index (χ1n) is 4.88. The molecule has 2 rings (SSSR count). The number of nitrogens with one attached hydrogen (secondary N) is 1. The van der Waals surface area contributed by atoms with E-state index in [1.807, 2.05) is 0 Å². The Hall–Kier alpha value is -1.11. The van der Waals surface area contributed by atoms with Crippen molar-refractivity contribution in [2.75, 3.05) is 4.72 Å². The molecule has 1 heterocycles. The highest BCUT2D eigenvalue weighted by Crippen LogP contribution is 2.26. The van der Waals surface area contributed by atoms with Gasteiger partial charge in [0.1, 0.15) is 10.0 Å². The van der Waals surface area contributed by atoms with E-state index in [9.17, 15) is 8.42 Å². The third-order valence-electron chi connectivity index (χ3n) is 2.13. The highest BCUT2D eigenvalue weighted by molar-refractivity contribution is 9.10. The molecular weight excluding hydrogens is 340 g/mol. The monoisotopic (exact) mass is 346 g/mol. The third-order valence-corrected chi connectivity index (χ3v) is 4.63. The van der Waals surface area contributed by atoms with Gasteiger partial charge in [-0.15, -0.1) is 0 Å². The van der Waals surface area contributed by atoms with Crippen molar-refractivity contribution in [2.24, 2.45) is 0 Å². The Morgan fingerprint density at radius 2 is 1.89 bits per heavy atom. The van der Waals surface area contributed by atoms with Gasteiger partial charge >= 0.3 is 0 Å². The van der Waals surface area contributed by atoms with Gasteiger partial charge in [0.05, 0.1) is 5.69 Å². The summed E-state index contributed by atoms with van der Waals surface area (Å²) in [6.45, 7) is 0. The molecule has 0 spiro atoms. The molecule has 0 saturated heterocycles. The lowest BCUT2D eigenvalue weighted by atomic mass is 10.3. The van der Waals surface area contributed by atoms with Crippen LogP contribution in [-0.2, 0) is 10.0 Å². The van der Waals surface area contributed by atoms with Crippen molar-refractivity contribution < 1.29 is 8.42 Å². The van der Waals surface area contributed by atoms with Crippen LogP contribution in [0.4, 0.5) is 5.69 Å². The molecule has 1 aromatic carbocycles. The molecule has 0 fully saturated rings. The summed E-state index contributed by atoms with van der Waals surface area (Å²) in [5.41, 5.74) is 0.442. The molecule has 0 bridgehead atoms. The first kappa shape index (κ1) is 13.3. The van der Waals surface area contributed by atoms with Gasteiger partial charge in [-0.2, -0.15) is 0 Å². The smallest absolute Gasteiger partial charge is 0.265 e. The van der Waals surface area contributed by atoms with E-state index in [0.717, 1.165) is 0 Å². The molecule has 4 nitrogen and oxygen atoms in total. The van der Waals surface area contributed by atoms with Gasteiger partial charge < -0.3 is 0 Å². The van der Waals surface area contributed by atoms with Gasteiger partial charge in [-0.25, -0.2) is 13.4 Å². The minimum atomic E-state index is -3.74. The fraction of sp³-hybridized carbons (Fsp3) is 0. The van der Waals surface area contributed by atoms with Gasteiger partial charge in [0.15, 0.2) is 0 Å². The number of hydrogen-bond acceptors (Lipinski definition) is 3. The van der Waals surface area contributed by atoms with Crippen LogP contribution in [0.2, 0.25) is 5.15 Å². The van der Waals surface area contributed by atoms with Crippen molar-refractivity contribution >= 4 is 43.2 Å². The number of nitrogens with zero attached hydrogens (tertiary/aromatic N) is 1. The number of pyridine rings is 1. The van der Waals surface area contributed by atoms with E-state index in [0.29, 0.717) is 10.2 Å². The molecule has 1 aromatic heterocycles. The molecular formula is C11H8BrClN2O2S. The van der Waals surface area contributed by atoms with E-state index in [1.54, 1.807) is 24.3 Å². The van der Waals surface area contributed by atoms with Crippen LogP contribution in [0.1, 0.15) is 0 Å². The second-order valence-corrected chi connectivity index (χ2v) is 6.24. The predicted octanol–water partition coefficient (Wildman–Crippen LogP) is 3.30. The fourth-order valence-electron chi connectivity index (χ4n) is 1.32. The minimum Gasteiger partial charge on any atom is -0.278 e. The average molecular weight is 348 g/mol. The first-order valence-corrected chi connectivity index (χ1v) is 7.54.